The molecule has 3 aliphatic rings. The molecule has 0 amide bonds. The standard InChI is InChI=1S/C20H28O4/c1-6-11(2)18(21)23-16-8-7-14-9-17-15(12(3)19(22)24-17)10-20(14,5)13(16)4/h6,13-14,16-17H,7-10H2,1-5H3/b11-6-/t13-,14+,16-,17+,20+/m0/s1. The molecule has 0 radical (unpaired) electrons. The summed E-state index contributed by atoms with van der Waals surface area (Å²) in [5.74, 6) is 0.413. The molecular weight excluding hydrogens is 304 g/mol. The number of carbonyl (C=O) groups excluding carboxylic acids is 2. The van der Waals surface area contributed by atoms with Crippen molar-refractivity contribution in [1.29, 1.82) is 0 Å². The molecule has 2 aliphatic carbocycles. The number of hydrogen-bond donors (Lipinski definition) is 0. The highest BCUT2D eigenvalue weighted by molar-refractivity contribution is 5.91. The Labute approximate surface area is 144 Å². The molecule has 24 heavy (non-hydrogen) atoms. The molecule has 1 heterocycles. The van der Waals surface area contributed by atoms with E-state index in [1.165, 1.54) is 5.57 Å². The van der Waals surface area contributed by atoms with Gasteiger partial charge in [-0.25, -0.2) is 9.59 Å². The molecular formula is C20H28O4. The van der Waals surface area contributed by atoms with Gasteiger partial charge in [0.05, 0.1) is 0 Å². The monoisotopic (exact) mass is 332 g/mol. The largest absolute Gasteiger partial charge is 0.459 e. The van der Waals surface area contributed by atoms with E-state index < -0.39 is 0 Å². The molecule has 0 aromatic rings. The molecule has 5 atom stereocenters. The van der Waals surface area contributed by atoms with Gasteiger partial charge in [-0.2, -0.15) is 0 Å². The highest BCUT2D eigenvalue weighted by Crippen LogP contribution is 2.57. The topological polar surface area (TPSA) is 52.6 Å². The first-order valence-electron chi connectivity index (χ1n) is 9.02. The van der Waals surface area contributed by atoms with Crippen LogP contribution in [-0.4, -0.2) is 24.1 Å². The number of ether oxygens (including phenoxy) is 2. The fraction of sp³-hybridized carbons (Fsp3) is 0.700. The molecule has 2 fully saturated rings. The van der Waals surface area contributed by atoms with Crippen molar-refractivity contribution in [2.24, 2.45) is 17.3 Å². The van der Waals surface area contributed by atoms with Gasteiger partial charge < -0.3 is 9.47 Å². The van der Waals surface area contributed by atoms with Crippen molar-refractivity contribution < 1.29 is 19.1 Å². The molecule has 4 nitrogen and oxygen atoms in total. The molecule has 0 aromatic carbocycles. The van der Waals surface area contributed by atoms with E-state index in [2.05, 4.69) is 13.8 Å². The number of hydrogen-bond acceptors (Lipinski definition) is 4. The predicted molar refractivity (Wildman–Crippen MR) is 91.1 cm³/mol. The van der Waals surface area contributed by atoms with E-state index >= 15 is 0 Å². The molecule has 0 saturated heterocycles. The summed E-state index contributed by atoms with van der Waals surface area (Å²) < 4.78 is 11.3. The lowest BCUT2D eigenvalue weighted by molar-refractivity contribution is -0.160. The SMILES string of the molecule is C/C=C(/C)C(=O)O[C@H]1CC[C@@H]2C[C@H]3OC(=O)C(C)=C3C[C@]2(C)[C@H]1C. The van der Waals surface area contributed by atoms with Crippen LogP contribution in [0.25, 0.3) is 0 Å². The van der Waals surface area contributed by atoms with Crippen LogP contribution in [0, 0.1) is 17.3 Å². The first-order valence-corrected chi connectivity index (χ1v) is 9.02. The van der Waals surface area contributed by atoms with Crippen LogP contribution < -0.4 is 0 Å². The van der Waals surface area contributed by atoms with Gasteiger partial charge in [-0.05, 0) is 69.3 Å². The molecule has 0 bridgehead atoms. The molecule has 0 unspecified atom stereocenters. The van der Waals surface area contributed by atoms with E-state index in [0.717, 1.165) is 31.3 Å². The molecule has 4 heteroatoms. The maximum Gasteiger partial charge on any atom is 0.334 e. The molecule has 3 rings (SSSR count). The third kappa shape index (κ3) is 2.60. The summed E-state index contributed by atoms with van der Waals surface area (Å²) >= 11 is 0. The Kier molecular flexibility index (Phi) is 4.35. The summed E-state index contributed by atoms with van der Waals surface area (Å²) in [5, 5.41) is 0. The van der Waals surface area contributed by atoms with Crippen molar-refractivity contribution >= 4 is 11.9 Å². The second kappa shape index (κ2) is 6.05. The van der Waals surface area contributed by atoms with Crippen LogP contribution in [0.15, 0.2) is 22.8 Å². The highest BCUT2D eigenvalue weighted by Gasteiger charge is 2.53. The summed E-state index contributed by atoms with van der Waals surface area (Å²) in [5.41, 5.74) is 2.66. The summed E-state index contributed by atoms with van der Waals surface area (Å²) in [6, 6.07) is 0. The van der Waals surface area contributed by atoms with Gasteiger partial charge in [-0.3, -0.25) is 0 Å². The maximum absolute atomic E-state index is 12.2. The van der Waals surface area contributed by atoms with Crippen LogP contribution in [0.4, 0.5) is 0 Å². The van der Waals surface area contributed by atoms with E-state index in [9.17, 15) is 9.59 Å². The molecule has 132 valence electrons. The van der Waals surface area contributed by atoms with E-state index in [0.29, 0.717) is 11.5 Å². The fourth-order valence-electron chi connectivity index (χ4n) is 4.71. The number of fused-ring (bicyclic) bond motifs is 2. The second-order valence-corrected chi connectivity index (χ2v) is 7.94. The Morgan fingerprint density at radius 3 is 2.75 bits per heavy atom. The predicted octanol–water partition coefficient (Wildman–Crippen LogP) is 3.95. The van der Waals surface area contributed by atoms with E-state index in [1.807, 2.05) is 13.8 Å². The van der Waals surface area contributed by atoms with Crippen molar-refractivity contribution in [3.63, 3.8) is 0 Å². The van der Waals surface area contributed by atoms with E-state index in [-0.39, 0.29) is 35.5 Å². The van der Waals surface area contributed by atoms with Gasteiger partial charge in [0.15, 0.2) is 0 Å². The molecule has 1 aliphatic heterocycles. The van der Waals surface area contributed by atoms with Crippen LogP contribution >= 0.6 is 0 Å². The molecule has 2 saturated carbocycles. The lowest BCUT2D eigenvalue weighted by Crippen LogP contribution is -2.50. The van der Waals surface area contributed by atoms with Crippen LogP contribution in [0.3, 0.4) is 0 Å². The van der Waals surface area contributed by atoms with Gasteiger partial charge in [-0.1, -0.05) is 19.9 Å². The van der Waals surface area contributed by atoms with Gasteiger partial charge in [0, 0.05) is 11.1 Å². The Hall–Kier alpha value is -1.58. The zero-order valence-corrected chi connectivity index (χ0v) is 15.3. The fourth-order valence-corrected chi connectivity index (χ4v) is 4.71. The number of allylic oxidation sites excluding steroid dienone is 1. The van der Waals surface area contributed by atoms with Crippen molar-refractivity contribution in [3.8, 4) is 0 Å². The first kappa shape index (κ1) is 17.2. The minimum absolute atomic E-state index is 0.0212. The van der Waals surface area contributed by atoms with Gasteiger partial charge in [0.1, 0.15) is 12.2 Å². The Morgan fingerprint density at radius 1 is 1.38 bits per heavy atom. The van der Waals surface area contributed by atoms with Crippen LogP contribution in [0.5, 0.6) is 0 Å². The zero-order valence-electron chi connectivity index (χ0n) is 15.3. The summed E-state index contributed by atoms with van der Waals surface area (Å²) in [4.78, 5) is 24.1. The number of rotatable bonds is 2. The molecule has 0 aromatic heterocycles. The quantitative estimate of drug-likeness (QED) is 0.567. The van der Waals surface area contributed by atoms with Gasteiger partial charge in [0.25, 0.3) is 0 Å². The normalized spacial score (nSPS) is 39.2. The highest BCUT2D eigenvalue weighted by atomic mass is 16.6. The van der Waals surface area contributed by atoms with Gasteiger partial charge in [-0.15, -0.1) is 0 Å². The maximum atomic E-state index is 12.2. The number of carbonyl (C=O) groups is 2. The van der Waals surface area contributed by atoms with Crippen LogP contribution in [0.1, 0.15) is 60.3 Å². The molecule has 0 spiro atoms. The van der Waals surface area contributed by atoms with E-state index in [1.54, 1.807) is 13.0 Å². The van der Waals surface area contributed by atoms with Crippen molar-refractivity contribution in [3.05, 3.63) is 22.8 Å². The minimum Gasteiger partial charge on any atom is -0.459 e. The third-order valence-electron chi connectivity index (χ3n) is 6.84. The van der Waals surface area contributed by atoms with Gasteiger partial charge >= 0.3 is 11.9 Å². The lowest BCUT2D eigenvalue weighted by Gasteiger charge is -2.53. The summed E-state index contributed by atoms with van der Waals surface area (Å²) in [6.07, 6.45) is 5.42. The average molecular weight is 332 g/mol. The van der Waals surface area contributed by atoms with Crippen LogP contribution in [-0.2, 0) is 19.1 Å². The second-order valence-electron chi connectivity index (χ2n) is 7.94. The third-order valence-corrected chi connectivity index (χ3v) is 6.84. The van der Waals surface area contributed by atoms with Crippen molar-refractivity contribution in [1.82, 2.24) is 0 Å². The first-order chi connectivity index (χ1) is 11.3. The lowest BCUT2D eigenvalue weighted by atomic mass is 9.53. The summed E-state index contributed by atoms with van der Waals surface area (Å²) in [6.45, 7) is 10.0. The molecule has 0 N–H and O–H groups in total. The Balaban J connectivity index is 1.81. The number of esters is 2. The van der Waals surface area contributed by atoms with Crippen molar-refractivity contribution in [2.45, 2.75) is 72.5 Å². The zero-order chi connectivity index (χ0) is 17.6. The Bertz CT molecular complexity index is 630. The minimum atomic E-state index is -0.208. The van der Waals surface area contributed by atoms with Crippen LogP contribution in [0.2, 0.25) is 0 Å². The summed E-state index contributed by atoms with van der Waals surface area (Å²) in [7, 11) is 0. The average Bonchev–Trinajstić information content (AvgIpc) is 2.82. The Morgan fingerprint density at radius 2 is 2.08 bits per heavy atom. The van der Waals surface area contributed by atoms with Crippen molar-refractivity contribution in [2.75, 3.05) is 0 Å². The van der Waals surface area contributed by atoms with Gasteiger partial charge in [0.2, 0.25) is 0 Å². The van der Waals surface area contributed by atoms with E-state index in [4.69, 9.17) is 9.47 Å². The smallest absolute Gasteiger partial charge is 0.334 e.